The Hall–Kier alpha value is -1.70. The Kier molecular flexibility index (Phi) is 3.30. The molecule has 0 aliphatic heterocycles. The second kappa shape index (κ2) is 4.88. The predicted molar refractivity (Wildman–Crippen MR) is 66.2 cm³/mol. The smallest absolute Gasteiger partial charge is 0.0920 e. The molecule has 2 heteroatoms. The van der Waals surface area contributed by atoms with E-state index in [0.717, 1.165) is 17.8 Å². The molecule has 82 valence electrons. The first-order valence-electron chi connectivity index (χ1n) is 5.69. The lowest BCUT2D eigenvalue weighted by Gasteiger charge is -2.13. The fourth-order valence-electron chi connectivity index (χ4n) is 1.75. The molecular formula is C14H16N2. The molecule has 0 spiro atoms. The van der Waals surface area contributed by atoms with Crippen LogP contribution < -0.4 is 0 Å². The Morgan fingerprint density at radius 1 is 1.06 bits per heavy atom. The summed E-state index contributed by atoms with van der Waals surface area (Å²) >= 11 is 0. The molecule has 2 rings (SSSR count). The Balaban J connectivity index is 2.49. The van der Waals surface area contributed by atoms with E-state index in [1.165, 1.54) is 5.56 Å². The van der Waals surface area contributed by atoms with Gasteiger partial charge in [0.25, 0.3) is 0 Å². The minimum absolute atomic E-state index is 0.519. The summed E-state index contributed by atoms with van der Waals surface area (Å²) < 4.78 is 0. The van der Waals surface area contributed by atoms with E-state index in [1.54, 1.807) is 0 Å². The lowest BCUT2D eigenvalue weighted by molar-refractivity contribution is 0.731. The minimum Gasteiger partial charge on any atom is -0.255 e. The summed E-state index contributed by atoms with van der Waals surface area (Å²) in [6.45, 7) is 4.42. The van der Waals surface area contributed by atoms with Crippen LogP contribution in [-0.2, 0) is 0 Å². The Morgan fingerprint density at radius 3 is 2.56 bits per heavy atom. The van der Waals surface area contributed by atoms with Crippen molar-refractivity contribution in [1.82, 2.24) is 9.97 Å². The highest BCUT2D eigenvalue weighted by molar-refractivity contribution is 5.59. The monoisotopic (exact) mass is 212 g/mol. The normalized spacial score (nSPS) is 12.4. The molecule has 1 atom stereocenters. The summed E-state index contributed by atoms with van der Waals surface area (Å²) in [6.07, 6.45) is 4.76. The van der Waals surface area contributed by atoms with E-state index >= 15 is 0 Å². The standard InChI is InChI=1S/C14H16N2/c1-3-11(2)12-7-6-10-16-14(12)13-8-4-5-9-15-13/h4-11H,3H2,1-2H3/t11-/m0/s1. The van der Waals surface area contributed by atoms with E-state index in [2.05, 4.69) is 29.9 Å². The van der Waals surface area contributed by atoms with Gasteiger partial charge in [0.15, 0.2) is 0 Å². The molecule has 0 radical (unpaired) electrons. The van der Waals surface area contributed by atoms with Gasteiger partial charge in [-0.2, -0.15) is 0 Å². The van der Waals surface area contributed by atoms with Crippen LogP contribution in [0.15, 0.2) is 42.7 Å². The fourth-order valence-corrected chi connectivity index (χ4v) is 1.75. The van der Waals surface area contributed by atoms with E-state index in [4.69, 9.17) is 0 Å². The Labute approximate surface area is 96.4 Å². The highest BCUT2D eigenvalue weighted by atomic mass is 14.8. The quantitative estimate of drug-likeness (QED) is 0.776. The second-order valence-electron chi connectivity index (χ2n) is 3.97. The number of rotatable bonds is 3. The summed E-state index contributed by atoms with van der Waals surface area (Å²) in [6, 6.07) is 10.1. The van der Waals surface area contributed by atoms with E-state index < -0.39 is 0 Å². The summed E-state index contributed by atoms with van der Waals surface area (Å²) in [5, 5.41) is 0. The average molecular weight is 212 g/mol. The van der Waals surface area contributed by atoms with Gasteiger partial charge in [0.1, 0.15) is 0 Å². The topological polar surface area (TPSA) is 25.8 Å². The third-order valence-corrected chi connectivity index (χ3v) is 2.89. The van der Waals surface area contributed by atoms with E-state index in [0.29, 0.717) is 5.92 Å². The zero-order valence-corrected chi connectivity index (χ0v) is 9.72. The van der Waals surface area contributed by atoms with Crippen LogP contribution in [0, 0.1) is 0 Å². The van der Waals surface area contributed by atoms with Crippen LogP contribution in [0.1, 0.15) is 31.7 Å². The maximum Gasteiger partial charge on any atom is 0.0920 e. The van der Waals surface area contributed by atoms with Crippen molar-refractivity contribution in [3.05, 3.63) is 48.3 Å². The van der Waals surface area contributed by atoms with Gasteiger partial charge in [0, 0.05) is 12.4 Å². The summed E-state index contributed by atoms with van der Waals surface area (Å²) in [5.74, 6) is 0.519. The molecule has 0 unspecified atom stereocenters. The molecule has 0 amide bonds. The van der Waals surface area contributed by atoms with Crippen LogP contribution in [-0.4, -0.2) is 9.97 Å². The maximum absolute atomic E-state index is 4.46. The molecule has 0 saturated carbocycles. The van der Waals surface area contributed by atoms with Gasteiger partial charge >= 0.3 is 0 Å². The lowest BCUT2D eigenvalue weighted by Crippen LogP contribution is -1.98. The van der Waals surface area contributed by atoms with Crippen LogP contribution in [0.4, 0.5) is 0 Å². The van der Waals surface area contributed by atoms with Crippen LogP contribution in [0.25, 0.3) is 11.4 Å². The third-order valence-electron chi connectivity index (χ3n) is 2.89. The number of pyridine rings is 2. The maximum atomic E-state index is 4.46. The first kappa shape index (κ1) is 10.8. The van der Waals surface area contributed by atoms with Crippen molar-refractivity contribution in [2.45, 2.75) is 26.2 Å². The van der Waals surface area contributed by atoms with Crippen molar-refractivity contribution < 1.29 is 0 Å². The van der Waals surface area contributed by atoms with Crippen molar-refractivity contribution in [3.8, 4) is 11.4 Å². The van der Waals surface area contributed by atoms with Crippen molar-refractivity contribution >= 4 is 0 Å². The van der Waals surface area contributed by atoms with Gasteiger partial charge in [-0.3, -0.25) is 9.97 Å². The molecule has 2 aromatic rings. The van der Waals surface area contributed by atoms with Gasteiger partial charge in [-0.25, -0.2) is 0 Å². The number of nitrogens with zero attached hydrogens (tertiary/aromatic N) is 2. The van der Waals surface area contributed by atoms with Gasteiger partial charge in [0.05, 0.1) is 11.4 Å². The molecule has 0 aliphatic carbocycles. The van der Waals surface area contributed by atoms with Crippen LogP contribution in [0.5, 0.6) is 0 Å². The molecule has 0 saturated heterocycles. The molecule has 0 aliphatic rings. The van der Waals surface area contributed by atoms with Crippen molar-refractivity contribution in [1.29, 1.82) is 0 Å². The van der Waals surface area contributed by atoms with Crippen molar-refractivity contribution in [2.75, 3.05) is 0 Å². The molecule has 0 bridgehead atoms. The highest BCUT2D eigenvalue weighted by Gasteiger charge is 2.11. The molecule has 0 aromatic carbocycles. The Bertz CT molecular complexity index is 451. The zero-order chi connectivity index (χ0) is 11.4. The van der Waals surface area contributed by atoms with Crippen molar-refractivity contribution in [3.63, 3.8) is 0 Å². The summed E-state index contributed by atoms with van der Waals surface area (Å²) in [7, 11) is 0. The van der Waals surface area contributed by atoms with Crippen LogP contribution in [0.3, 0.4) is 0 Å². The number of hydrogen-bond acceptors (Lipinski definition) is 2. The second-order valence-corrected chi connectivity index (χ2v) is 3.97. The Morgan fingerprint density at radius 2 is 1.88 bits per heavy atom. The third kappa shape index (κ3) is 2.11. The van der Waals surface area contributed by atoms with E-state index in [-0.39, 0.29) is 0 Å². The molecule has 0 N–H and O–H groups in total. The average Bonchev–Trinajstić information content (AvgIpc) is 2.39. The summed E-state index contributed by atoms with van der Waals surface area (Å²) in [5.41, 5.74) is 3.25. The number of hydrogen-bond donors (Lipinski definition) is 0. The minimum atomic E-state index is 0.519. The largest absolute Gasteiger partial charge is 0.255 e. The molecule has 0 fully saturated rings. The van der Waals surface area contributed by atoms with Gasteiger partial charge in [-0.1, -0.05) is 26.0 Å². The van der Waals surface area contributed by atoms with E-state index in [9.17, 15) is 0 Å². The first-order valence-corrected chi connectivity index (χ1v) is 5.69. The van der Waals surface area contributed by atoms with E-state index in [1.807, 2.05) is 36.7 Å². The molecule has 16 heavy (non-hydrogen) atoms. The lowest BCUT2D eigenvalue weighted by atomic mass is 9.96. The molecule has 2 nitrogen and oxygen atoms in total. The SMILES string of the molecule is CC[C@H](C)c1cccnc1-c1ccccn1. The summed E-state index contributed by atoms with van der Waals surface area (Å²) in [4.78, 5) is 8.82. The van der Waals surface area contributed by atoms with Gasteiger partial charge in [-0.05, 0) is 36.1 Å². The number of aromatic nitrogens is 2. The van der Waals surface area contributed by atoms with Crippen LogP contribution in [0.2, 0.25) is 0 Å². The van der Waals surface area contributed by atoms with Gasteiger partial charge in [0.2, 0.25) is 0 Å². The molecular weight excluding hydrogens is 196 g/mol. The fraction of sp³-hybridized carbons (Fsp3) is 0.286. The first-order chi connectivity index (χ1) is 7.83. The van der Waals surface area contributed by atoms with Gasteiger partial charge in [-0.15, -0.1) is 0 Å². The molecule has 2 aromatic heterocycles. The van der Waals surface area contributed by atoms with Crippen LogP contribution >= 0.6 is 0 Å². The predicted octanol–water partition coefficient (Wildman–Crippen LogP) is 3.66. The zero-order valence-electron chi connectivity index (χ0n) is 9.72. The van der Waals surface area contributed by atoms with Gasteiger partial charge < -0.3 is 0 Å². The molecule has 2 heterocycles. The van der Waals surface area contributed by atoms with Crippen molar-refractivity contribution in [2.24, 2.45) is 0 Å². The highest BCUT2D eigenvalue weighted by Crippen LogP contribution is 2.27.